The number of fused-ring (bicyclic) bond motifs is 1. The Balaban J connectivity index is 2.24. The largest absolute Gasteiger partial charge is 0.477 e. The number of nitrogens with zero attached hydrogens (tertiary/aromatic N) is 3. The Bertz CT molecular complexity index is 1180. The number of hydrogen-bond donors (Lipinski definition) is 1. The van der Waals surface area contributed by atoms with Gasteiger partial charge in [0, 0.05) is 17.8 Å². The van der Waals surface area contributed by atoms with E-state index in [0.717, 1.165) is 15.6 Å². The molecule has 3 aromatic rings. The Morgan fingerprint density at radius 3 is 2.55 bits per heavy atom. The van der Waals surface area contributed by atoms with Crippen molar-refractivity contribution < 1.29 is 17.9 Å². The molecule has 2 N–H and O–H groups in total. The number of amides is 1. The van der Waals surface area contributed by atoms with Crippen molar-refractivity contribution in [1.29, 1.82) is 0 Å². The molecular weight excluding hydrogens is 392 g/mol. The van der Waals surface area contributed by atoms with Crippen molar-refractivity contribution in [3.63, 3.8) is 0 Å². The average molecular weight is 414 g/mol. The van der Waals surface area contributed by atoms with Gasteiger partial charge in [0.25, 0.3) is 10.0 Å². The third-order valence-electron chi connectivity index (χ3n) is 4.10. The van der Waals surface area contributed by atoms with Gasteiger partial charge in [0.05, 0.1) is 16.9 Å². The first-order chi connectivity index (χ1) is 13.7. The van der Waals surface area contributed by atoms with Crippen LogP contribution in [0.25, 0.3) is 17.1 Å². The Morgan fingerprint density at radius 1 is 1.24 bits per heavy atom. The van der Waals surface area contributed by atoms with E-state index < -0.39 is 15.9 Å². The first-order valence-corrected chi connectivity index (χ1v) is 10.4. The van der Waals surface area contributed by atoms with Crippen LogP contribution in [0.4, 0.5) is 0 Å². The number of carbonyl (C=O) groups is 1. The highest BCUT2D eigenvalue weighted by Crippen LogP contribution is 2.31. The summed E-state index contributed by atoms with van der Waals surface area (Å²) in [5, 5.41) is 0.390. The lowest BCUT2D eigenvalue weighted by Gasteiger charge is -2.10. The molecule has 152 valence electrons. The van der Waals surface area contributed by atoms with Gasteiger partial charge in [-0.3, -0.25) is 4.79 Å². The number of primary amides is 1. The summed E-state index contributed by atoms with van der Waals surface area (Å²) < 4.78 is 33.3. The molecule has 0 unspecified atom stereocenters. The van der Waals surface area contributed by atoms with E-state index in [2.05, 4.69) is 9.97 Å². The summed E-state index contributed by atoms with van der Waals surface area (Å²) in [7, 11) is -3.93. The van der Waals surface area contributed by atoms with Gasteiger partial charge in [-0.05, 0) is 31.1 Å². The van der Waals surface area contributed by atoms with Crippen LogP contribution in [0.5, 0.6) is 5.88 Å². The van der Waals surface area contributed by atoms with Gasteiger partial charge in [0.15, 0.2) is 5.65 Å². The Hall–Kier alpha value is -3.20. The topological polar surface area (TPSA) is 117 Å². The number of benzene rings is 1. The van der Waals surface area contributed by atoms with Gasteiger partial charge in [-0.25, -0.2) is 22.4 Å². The highest BCUT2D eigenvalue weighted by atomic mass is 32.2. The van der Waals surface area contributed by atoms with Gasteiger partial charge in [-0.15, -0.1) is 0 Å². The van der Waals surface area contributed by atoms with Crippen LogP contribution in [0.15, 0.2) is 47.8 Å². The van der Waals surface area contributed by atoms with Crippen LogP contribution in [0.2, 0.25) is 0 Å². The van der Waals surface area contributed by atoms with E-state index in [1.807, 2.05) is 20.8 Å². The maximum absolute atomic E-state index is 13.2. The van der Waals surface area contributed by atoms with Crippen molar-refractivity contribution in [1.82, 2.24) is 13.9 Å². The van der Waals surface area contributed by atoms with Gasteiger partial charge in [-0.1, -0.05) is 31.5 Å². The molecule has 0 atom stereocenters. The molecule has 1 aromatic carbocycles. The summed E-state index contributed by atoms with van der Waals surface area (Å²) in [6, 6.07) is 6.51. The van der Waals surface area contributed by atoms with E-state index >= 15 is 0 Å². The van der Waals surface area contributed by atoms with Crippen LogP contribution >= 0.6 is 0 Å². The minimum atomic E-state index is -3.93. The van der Waals surface area contributed by atoms with E-state index in [4.69, 9.17) is 10.5 Å². The summed E-state index contributed by atoms with van der Waals surface area (Å²) in [5.41, 5.74) is 6.71. The first-order valence-electron chi connectivity index (χ1n) is 8.98. The molecule has 1 amide bonds. The summed E-state index contributed by atoms with van der Waals surface area (Å²) in [6.45, 7) is 6.24. The Morgan fingerprint density at radius 2 is 1.93 bits per heavy atom. The molecule has 0 spiro atoms. The first kappa shape index (κ1) is 20.5. The zero-order valence-electron chi connectivity index (χ0n) is 16.4. The van der Waals surface area contributed by atoms with Crippen LogP contribution < -0.4 is 10.5 Å². The fraction of sp³-hybridized carbons (Fsp3) is 0.250. The van der Waals surface area contributed by atoms with E-state index in [1.54, 1.807) is 12.1 Å². The smallest absolute Gasteiger partial charge is 0.269 e. The van der Waals surface area contributed by atoms with Crippen molar-refractivity contribution >= 4 is 33.0 Å². The fourth-order valence-electron chi connectivity index (χ4n) is 2.69. The van der Waals surface area contributed by atoms with E-state index in [9.17, 15) is 13.2 Å². The molecular formula is C20H22N4O4S. The third kappa shape index (κ3) is 4.29. The lowest BCUT2D eigenvalue weighted by Crippen LogP contribution is -2.13. The number of carbonyl (C=O) groups excluding carboxylic acids is 1. The highest BCUT2D eigenvalue weighted by Gasteiger charge is 2.24. The van der Waals surface area contributed by atoms with Gasteiger partial charge >= 0.3 is 0 Å². The van der Waals surface area contributed by atoms with E-state index in [1.165, 1.54) is 30.7 Å². The van der Waals surface area contributed by atoms with Crippen LogP contribution in [0, 0.1) is 12.8 Å². The standard InChI is InChI=1S/C20H22N4O4S/c1-13(2)11-28-20-18-15(6-9-17(21)25)10-24(19(18)22-12-23-20)29(26,27)16-7-4-14(3)5-8-16/h4-10,12-13H,11H2,1-3H3,(H2,21,25). The number of aromatic nitrogens is 3. The molecule has 3 rings (SSSR count). The van der Waals surface area contributed by atoms with Gasteiger partial charge in [0.1, 0.15) is 6.33 Å². The lowest BCUT2D eigenvalue weighted by atomic mass is 10.2. The number of rotatable bonds is 7. The number of ether oxygens (including phenoxy) is 1. The quantitative estimate of drug-likeness (QED) is 0.594. The second kappa shape index (κ2) is 8.04. The molecule has 8 nitrogen and oxygen atoms in total. The SMILES string of the molecule is Cc1ccc(S(=O)(=O)n2cc(C=CC(N)=O)c3c(OCC(C)C)ncnc32)cc1. The van der Waals surface area contributed by atoms with Crippen molar-refractivity contribution in [2.75, 3.05) is 6.61 Å². The molecule has 0 saturated carbocycles. The van der Waals surface area contributed by atoms with E-state index in [-0.39, 0.29) is 22.3 Å². The van der Waals surface area contributed by atoms with Crippen LogP contribution in [-0.2, 0) is 14.8 Å². The van der Waals surface area contributed by atoms with Crippen molar-refractivity contribution in [2.24, 2.45) is 11.7 Å². The minimum absolute atomic E-state index is 0.119. The summed E-state index contributed by atoms with van der Waals surface area (Å²) in [4.78, 5) is 19.7. The Kier molecular flexibility index (Phi) is 5.69. The second-order valence-corrected chi connectivity index (χ2v) is 8.83. The predicted octanol–water partition coefficient (Wildman–Crippen LogP) is 2.51. The van der Waals surface area contributed by atoms with Gasteiger partial charge in [-0.2, -0.15) is 0 Å². The predicted molar refractivity (Wildman–Crippen MR) is 110 cm³/mol. The number of hydrogen-bond acceptors (Lipinski definition) is 6. The van der Waals surface area contributed by atoms with Crippen molar-refractivity contribution in [3.8, 4) is 5.88 Å². The molecule has 2 aromatic heterocycles. The molecule has 0 aliphatic rings. The molecule has 0 fully saturated rings. The number of aryl methyl sites for hydroxylation is 1. The highest BCUT2D eigenvalue weighted by molar-refractivity contribution is 7.90. The van der Waals surface area contributed by atoms with Gasteiger partial charge in [0.2, 0.25) is 11.8 Å². The van der Waals surface area contributed by atoms with Crippen LogP contribution in [0.1, 0.15) is 25.0 Å². The molecule has 0 aliphatic carbocycles. The zero-order valence-corrected chi connectivity index (χ0v) is 17.2. The molecule has 0 saturated heterocycles. The van der Waals surface area contributed by atoms with Crippen LogP contribution in [0.3, 0.4) is 0 Å². The molecule has 0 bridgehead atoms. The average Bonchev–Trinajstić information content (AvgIpc) is 3.05. The zero-order chi connectivity index (χ0) is 21.2. The normalized spacial score (nSPS) is 12.1. The fourth-order valence-corrected chi connectivity index (χ4v) is 4.02. The number of nitrogens with two attached hydrogens (primary N) is 1. The molecule has 29 heavy (non-hydrogen) atoms. The molecule has 0 radical (unpaired) electrons. The summed E-state index contributed by atoms with van der Waals surface area (Å²) in [6.07, 6.45) is 5.21. The monoisotopic (exact) mass is 414 g/mol. The maximum Gasteiger partial charge on any atom is 0.269 e. The second-order valence-electron chi connectivity index (χ2n) is 7.02. The molecule has 0 aliphatic heterocycles. The van der Waals surface area contributed by atoms with Crippen molar-refractivity contribution in [2.45, 2.75) is 25.7 Å². The van der Waals surface area contributed by atoms with Crippen LogP contribution in [-0.4, -0.2) is 34.9 Å². The van der Waals surface area contributed by atoms with E-state index in [0.29, 0.717) is 17.6 Å². The van der Waals surface area contributed by atoms with Crippen molar-refractivity contribution in [3.05, 3.63) is 54.0 Å². The summed E-state index contributed by atoms with van der Waals surface area (Å²) >= 11 is 0. The van der Waals surface area contributed by atoms with Gasteiger partial charge < -0.3 is 10.5 Å². The lowest BCUT2D eigenvalue weighted by molar-refractivity contribution is -0.113. The third-order valence-corrected chi connectivity index (χ3v) is 5.77. The molecule has 2 heterocycles. The molecule has 9 heteroatoms. The summed E-state index contributed by atoms with van der Waals surface area (Å²) in [5.74, 6) is -0.178. The maximum atomic E-state index is 13.2. The Labute approximate surface area is 169 Å². The minimum Gasteiger partial charge on any atom is -0.477 e.